The summed E-state index contributed by atoms with van der Waals surface area (Å²) in [5.74, 6) is -0.256. The van der Waals surface area contributed by atoms with Crippen LogP contribution in [0.5, 0.6) is 0 Å². The standard InChI is InChI=1S/C25H38FN7O4S/c1-4-6-10-22(34)37-15-20-23(26)24(29-21-11-16(3)31-32-21)30-25(28-20)27-14-17-12-18-8-7-9-19(13-17)33(18)38(35,36)5-2/h11,17-19H,4-10,12-15H2,1-3H3,(H3,27,28,29,30,31,32). The zero-order chi connectivity index (χ0) is 27.3. The molecule has 2 saturated heterocycles. The van der Waals surface area contributed by atoms with Crippen molar-refractivity contribution in [1.82, 2.24) is 24.5 Å². The van der Waals surface area contributed by atoms with Crippen LogP contribution in [0.2, 0.25) is 0 Å². The Bertz CT molecular complexity index is 1210. The number of esters is 1. The van der Waals surface area contributed by atoms with Crippen LogP contribution in [0.1, 0.15) is 76.6 Å². The first kappa shape index (κ1) is 28.2. The van der Waals surface area contributed by atoms with Crippen LogP contribution in [0, 0.1) is 18.7 Å². The number of carbonyl (C=O) groups is 1. The number of hydrogen-bond donors (Lipinski definition) is 3. The minimum absolute atomic E-state index is 0.00612. The summed E-state index contributed by atoms with van der Waals surface area (Å²) in [4.78, 5) is 20.7. The second-order valence-electron chi connectivity index (χ2n) is 10.2. The van der Waals surface area contributed by atoms with Gasteiger partial charge in [-0.1, -0.05) is 19.8 Å². The number of nitrogens with one attached hydrogen (secondary N) is 3. The average molecular weight is 552 g/mol. The van der Waals surface area contributed by atoms with E-state index in [2.05, 4.69) is 30.8 Å². The Labute approximate surface area is 223 Å². The second kappa shape index (κ2) is 12.4. The molecule has 2 unspecified atom stereocenters. The molecule has 4 heterocycles. The third-order valence-electron chi connectivity index (χ3n) is 7.22. The predicted molar refractivity (Wildman–Crippen MR) is 142 cm³/mol. The fourth-order valence-corrected chi connectivity index (χ4v) is 6.94. The summed E-state index contributed by atoms with van der Waals surface area (Å²) in [7, 11) is -3.25. The summed E-state index contributed by atoms with van der Waals surface area (Å²) < 4.78 is 47.7. The number of piperidine rings is 2. The number of aromatic amines is 1. The van der Waals surface area contributed by atoms with Gasteiger partial charge in [-0.2, -0.15) is 14.4 Å². The summed E-state index contributed by atoms with van der Waals surface area (Å²) in [6.07, 6.45) is 6.09. The van der Waals surface area contributed by atoms with Gasteiger partial charge in [-0.3, -0.25) is 9.89 Å². The van der Waals surface area contributed by atoms with Gasteiger partial charge < -0.3 is 15.4 Å². The second-order valence-corrected chi connectivity index (χ2v) is 12.3. The zero-order valence-corrected chi connectivity index (χ0v) is 23.1. The molecule has 2 aromatic rings. The molecule has 0 aromatic carbocycles. The van der Waals surface area contributed by atoms with Crippen LogP contribution >= 0.6 is 0 Å². The summed E-state index contributed by atoms with van der Waals surface area (Å²) in [5.41, 5.74) is 0.759. The summed E-state index contributed by atoms with van der Waals surface area (Å²) in [6, 6.07) is 1.73. The van der Waals surface area contributed by atoms with E-state index < -0.39 is 21.8 Å². The number of carbonyl (C=O) groups excluding carboxylic acids is 1. The van der Waals surface area contributed by atoms with Gasteiger partial charge in [0.2, 0.25) is 16.0 Å². The minimum Gasteiger partial charge on any atom is -0.459 e. The predicted octanol–water partition coefficient (Wildman–Crippen LogP) is 4.02. The van der Waals surface area contributed by atoms with Gasteiger partial charge in [0, 0.05) is 36.8 Å². The largest absolute Gasteiger partial charge is 0.459 e. The van der Waals surface area contributed by atoms with E-state index >= 15 is 4.39 Å². The van der Waals surface area contributed by atoms with Crippen molar-refractivity contribution in [1.29, 1.82) is 0 Å². The van der Waals surface area contributed by atoms with Gasteiger partial charge in [0.05, 0.1) is 5.75 Å². The molecule has 0 aliphatic carbocycles. The Hall–Kier alpha value is -2.80. The zero-order valence-electron chi connectivity index (χ0n) is 22.3. The highest BCUT2D eigenvalue weighted by Crippen LogP contribution is 2.39. The van der Waals surface area contributed by atoms with Crippen LogP contribution in [-0.2, 0) is 26.2 Å². The van der Waals surface area contributed by atoms with Crippen molar-refractivity contribution in [2.45, 2.75) is 90.8 Å². The molecule has 210 valence electrons. The van der Waals surface area contributed by atoms with Crippen molar-refractivity contribution in [3.05, 3.63) is 23.3 Å². The topological polar surface area (TPSA) is 142 Å². The van der Waals surface area contributed by atoms with E-state index in [4.69, 9.17) is 4.74 Å². The monoisotopic (exact) mass is 551 g/mol. The van der Waals surface area contributed by atoms with Gasteiger partial charge in [-0.15, -0.1) is 0 Å². The van der Waals surface area contributed by atoms with Crippen molar-refractivity contribution in [2.75, 3.05) is 22.9 Å². The molecule has 2 aliphatic rings. The Morgan fingerprint density at radius 1 is 1.24 bits per heavy atom. The first-order valence-electron chi connectivity index (χ1n) is 13.5. The number of sulfonamides is 1. The fraction of sp³-hybridized carbons (Fsp3) is 0.680. The Balaban J connectivity index is 1.48. The fourth-order valence-electron chi connectivity index (χ4n) is 5.35. The van der Waals surface area contributed by atoms with E-state index in [-0.39, 0.29) is 54.2 Å². The normalized spacial score (nSPS) is 21.7. The molecule has 2 fully saturated rings. The van der Waals surface area contributed by atoms with Crippen molar-refractivity contribution >= 4 is 33.6 Å². The van der Waals surface area contributed by atoms with E-state index in [9.17, 15) is 13.2 Å². The van der Waals surface area contributed by atoms with Crippen molar-refractivity contribution in [3.8, 4) is 0 Å². The van der Waals surface area contributed by atoms with Gasteiger partial charge in [-0.25, -0.2) is 17.8 Å². The molecule has 3 N–H and O–H groups in total. The van der Waals surface area contributed by atoms with E-state index in [1.807, 2.05) is 13.8 Å². The van der Waals surface area contributed by atoms with Gasteiger partial charge in [0.15, 0.2) is 17.5 Å². The lowest BCUT2D eigenvalue weighted by Crippen LogP contribution is -2.55. The molecule has 38 heavy (non-hydrogen) atoms. The molecular formula is C25H38FN7O4S. The number of nitrogens with zero attached hydrogens (tertiary/aromatic N) is 4. The smallest absolute Gasteiger partial charge is 0.306 e. The number of rotatable bonds is 12. The van der Waals surface area contributed by atoms with Crippen molar-refractivity contribution in [3.63, 3.8) is 0 Å². The number of aromatic nitrogens is 4. The lowest BCUT2D eigenvalue weighted by atomic mass is 9.80. The van der Waals surface area contributed by atoms with Crippen molar-refractivity contribution < 1.29 is 22.3 Å². The maximum Gasteiger partial charge on any atom is 0.306 e. The van der Waals surface area contributed by atoms with Gasteiger partial charge in [-0.05, 0) is 51.9 Å². The van der Waals surface area contributed by atoms with Crippen LogP contribution in [-0.4, -0.2) is 63.2 Å². The minimum atomic E-state index is -3.25. The third-order valence-corrected chi connectivity index (χ3v) is 9.19. The third kappa shape index (κ3) is 6.79. The molecule has 2 aromatic heterocycles. The van der Waals surface area contributed by atoms with E-state index in [0.717, 1.165) is 44.2 Å². The molecule has 0 saturated carbocycles. The molecule has 0 amide bonds. The van der Waals surface area contributed by atoms with E-state index in [0.29, 0.717) is 18.8 Å². The highest BCUT2D eigenvalue weighted by Gasteiger charge is 2.43. The SMILES string of the molecule is CCCCC(=O)OCc1nc(NCC2CC3CCCC(C2)N3S(=O)(=O)CC)nc(Nc2cc(C)[nH]n2)c1F. The Morgan fingerprint density at radius 2 is 1.97 bits per heavy atom. The first-order valence-corrected chi connectivity index (χ1v) is 15.1. The molecule has 4 rings (SSSR count). The number of ether oxygens (including phenoxy) is 1. The number of halogens is 1. The molecule has 2 atom stereocenters. The molecule has 0 spiro atoms. The van der Waals surface area contributed by atoms with Gasteiger partial charge in [0.1, 0.15) is 12.3 Å². The van der Waals surface area contributed by atoms with Crippen LogP contribution in [0.3, 0.4) is 0 Å². The van der Waals surface area contributed by atoms with Crippen molar-refractivity contribution in [2.24, 2.45) is 5.92 Å². The maximum atomic E-state index is 15.3. The molecule has 11 nitrogen and oxygen atoms in total. The summed E-state index contributed by atoms with van der Waals surface area (Å²) in [5, 5.41) is 13.0. The van der Waals surface area contributed by atoms with Gasteiger partial charge >= 0.3 is 5.97 Å². The Kier molecular flexibility index (Phi) is 9.19. The van der Waals surface area contributed by atoms with Gasteiger partial charge in [0.25, 0.3) is 0 Å². The van der Waals surface area contributed by atoms with E-state index in [1.165, 1.54) is 0 Å². The average Bonchev–Trinajstić information content (AvgIpc) is 3.30. The molecule has 2 bridgehead atoms. The number of unbranched alkanes of at least 4 members (excludes halogenated alkanes) is 1. The highest BCUT2D eigenvalue weighted by molar-refractivity contribution is 7.89. The van der Waals surface area contributed by atoms with Crippen LogP contribution < -0.4 is 10.6 Å². The first-order chi connectivity index (χ1) is 18.2. The lowest BCUT2D eigenvalue weighted by Gasteiger charge is -2.47. The van der Waals surface area contributed by atoms with Crippen LogP contribution in [0.4, 0.5) is 22.0 Å². The number of H-pyrrole nitrogens is 1. The van der Waals surface area contributed by atoms with Crippen LogP contribution in [0.15, 0.2) is 6.07 Å². The van der Waals surface area contributed by atoms with E-state index in [1.54, 1.807) is 17.3 Å². The summed E-state index contributed by atoms with van der Waals surface area (Å²) >= 11 is 0. The number of hydrogen-bond acceptors (Lipinski definition) is 9. The number of anilines is 3. The molecule has 13 heteroatoms. The molecule has 0 radical (unpaired) electrons. The summed E-state index contributed by atoms with van der Waals surface area (Å²) in [6.45, 7) is 5.71. The van der Waals surface area contributed by atoms with Crippen LogP contribution in [0.25, 0.3) is 0 Å². The highest BCUT2D eigenvalue weighted by atomic mass is 32.2. The maximum absolute atomic E-state index is 15.3. The molecular weight excluding hydrogens is 513 g/mol. The molecule has 2 aliphatic heterocycles. The quantitative estimate of drug-likeness (QED) is 0.333. The Morgan fingerprint density at radius 3 is 2.61 bits per heavy atom. The number of aryl methyl sites for hydroxylation is 1. The lowest BCUT2D eigenvalue weighted by molar-refractivity contribution is -0.145. The number of fused-ring (bicyclic) bond motifs is 2.